The lowest BCUT2D eigenvalue weighted by molar-refractivity contribution is -0.142. The summed E-state index contributed by atoms with van der Waals surface area (Å²) in [6.45, 7) is 7.82. The third kappa shape index (κ3) is 4.46. The standard InChI is InChI=1S/C20H28O4/c1-13-6-4-8-14(2)18(22)19-17(15(3)20(23)24-19)11-10-16(12-21)9-5-7-13/h7-8,10,17-19,21-22H,3-6,9,11-12H2,1-2H3/b13-7+,14-8+,16-10+/t17-,18-,19-/m1/s1. The van der Waals surface area contributed by atoms with Crippen molar-refractivity contribution < 1.29 is 19.7 Å². The van der Waals surface area contributed by atoms with Crippen LogP contribution < -0.4 is 0 Å². The molecule has 1 fully saturated rings. The van der Waals surface area contributed by atoms with Gasteiger partial charge in [-0.15, -0.1) is 0 Å². The van der Waals surface area contributed by atoms with Crippen molar-refractivity contribution >= 4 is 5.97 Å². The molecule has 2 rings (SSSR count). The van der Waals surface area contributed by atoms with E-state index >= 15 is 0 Å². The van der Waals surface area contributed by atoms with E-state index in [1.807, 2.05) is 19.1 Å². The smallest absolute Gasteiger partial charge is 0.334 e. The van der Waals surface area contributed by atoms with Crippen LogP contribution in [0.15, 0.2) is 47.1 Å². The summed E-state index contributed by atoms with van der Waals surface area (Å²) in [5, 5.41) is 20.2. The van der Waals surface area contributed by atoms with Crippen molar-refractivity contribution in [3.63, 3.8) is 0 Å². The predicted molar refractivity (Wildman–Crippen MR) is 94.3 cm³/mol. The average molecular weight is 332 g/mol. The van der Waals surface area contributed by atoms with Gasteiger partial charge in [0.15, 0.2) is 0 Å². The molecule has 24 heavy (non-hydrogen) atoms. The Balaban J connectivity index is 2.30. The van der Waals surface area contributed by atoms with E-state index in [4.69, 9.17) is 4.74 Å². The summed E-state index contributed by atoms with van der Waals surface area (Å²) in [6.07, 6.45) is 8.78. The fourth-order valence-corrected chi connectivity index (χ4v) is 3.24. The summed E-state index contributed by atoms with van der Waals surface area (Å²) in [4.78, 5) is 11.9. The minimum atomic E-state index is -0.823. The number of fused-ring (bicyclic) bond motifs is 1. The van der Waals surface area contributed by atoms with Gasteiger partial charge in [0.1, 0.15) is 12.2 Å². The van der Waals surface area contributed by atoms with Gasteiger partial charge >= 0.3 is 5.97 Å². The molecule has 1 aliphatic carbocycles. The Hall–Kier alpha value is -1.65. The molecule has 0 spiro atoms. The highest BCUT2D eigenvalue weighted by Gasteiger charge is 2.42. The molecule has 2 N–H and O–H groups in total. The highest BCUT2D eigenvalue weighted by Crippen LogP contribution is 2.34. The fraction of sp³-hybridized carbons (Fsp3) is 0.550. The van der Waals surface area contributed by atoms with Gasteiger partial charge in [-0.1, -0.05) is 30.4 Å². The Morgan fingerprint density at radius 2 is 1.92 bits per heavy atom. The molecule has 0 aromatic heterocycles. The first-order chi connectivity index (χ1) is 11.4. The van der Waals surface area contributed by atoms with E-state index < -0.39 is 18.2 Å². The molecular formula is C20H28O4. The molecular weight excluding hydrogens is 304 g/mol. The highest BCUT2D eigenvalue weighted by molar-refractivity contribution is 5.91. The Labute approximate surface area is 144 Å². The number of esters is 1. The predicted octanol–water partition coefficient (Wildman–Crippen LogP) is 3.22. The number of hydrogen-bond acceptors (Lipinski definition) is 4. The van der Waals surface area contributed by atoms with Crippen LogP contribution in [0.4, 0.5) is 0 Å². The normalized spacial score (nSPS) is 36.3. The summed E-state index contributed by atoms with van der Waals surface area (Å²) in [5.74, 6) is -0.685. The van der Waals surface area contributed by atoms with Crippen molar-refractivity contribution in [1.82, 2.24) is 0 Å². The first-order valence-corrected chi connectivity index (χ1v) is 8.63. The van der Waals surface area contributed by atoms with E-state index in [0.717, 1.165) is 36.8 Å². The number of aliphatic hydroxyl groups is 2. The average Bonchev–Trinajstić information content (AvgIpc) is 2.84. The van der Waals surface area contributed by atoms with E-state index in [0.29, 0.717) is 12.0 Å². The summed E-state index contributed by atoms with van der Waals surface area (Å²) in [5.41, 5.74) is 3.48. The summed E-state index contributed by atoms with van der Waals surface area (Å²) in [6, 6.07) is 0. The number of carbonyl (C=O) groups excluding carboxylic acids is 1. The Morgan fingerprint density at radius 3 is 2.62 bits per heavy atom. The zero-order chi connectivity index (χ0) is 17.7. The summed E-state index contributed by atoms with van der Waals surface area (Å²) >= 11 is 0. The molecule has 4 heteroatoms. The van der Waals surface area contributed by atoms with Crippen LogP contribution in [-0.4, -0.2) is 35.0 Å². The molecule has 1 saturated heterocycles. The molecule has 0 saturated carbocycles. The maximum atomic E-state index is 11.9. The number of aliphatic hydroxyl groups excluding tert-OH is 2. The van der Waals surface area contributed by atoms with Crippen LogP contribution in [0, 0.1) is 5.92 Å². The van der Waals surface area contributed by atoms with Crippen molar-refractivity contribution in [3.05, 3.63) is 47.1 Å². The summed E-state index contributed by atoms with van der Waals surface area (Å²) in [7, 11) is 0. The molecule has 0 aromatic rings. The molecule has 1 heterocycles. The molecule has 0 radical (unpaired) electrons. The van der Waals surface area contributed by atoms with Crippen molar-refractivity contribution in [2.45, 2.75) is 58.2 Å². The van der Waals surface area contributed by atoms with Crippen molar-refractivity contribution in [2.75, 3.05) is 6.61 Å². The van der Waals surface area contributed by atoms with Crippen LogP contribution in [0.1, 0.15) is 46.0 Å². The van der Waals surface area contributed by atoms with Gasteiger partial charge in [0.25, 0.3) is 0 Å². The van der Waals surface area contributed by atoms with Gasteiger partial charge in [-0.3, -0.25) is 0 Å². The number of ether oxygens (including phenoxy) is 1. The van der Waals surface area contributed by atoms with E-state index in [1.165, 1.54) is 5.57 Å². The van der Waals surface area contributed by atoms with Crippen molar-refractivity contribution in [2.24, 2.45) is 5.92 Å². The van der Waals surface area contributed by atoms with Crippen molar-refractivity contribution in [1.29, 1.82) is 0 Å². The minimum absolute atomic E-state index is 0.00698. The molecule has 0 unspecified atom stereocenters. The molecule has 3 atom stereocenters. The topological polar surface area (TPSA) is 66.8 Å². The third-order valence-corrected chi connectivity index (χ3v) is 4.95. The number of carbonyl (C=O) groups is 1. The monoisotopic (exact) mass is 332 g/mol. The lowest BCUT2D eigenvalue weighted by Crippen LogP contribution is -2.32. The minimum Gasteiger partial charge on any atom is -0.455 e. The lowest BCUT2D eigenvalue weighted by Gasteiger charge is -2.23. The first kappa shape index (κ1) is 18.7. The molecule has 132 valence electrons. The maximum Gasteiger partial charge on any atom is 0.334 e. The summed E-state index contributed by atoms with van der Waals surface area (Å²) < 4.78 is 5.38. The molecule has 0 amide bonds. The van der Waals surface area contributed by atoms with Gasteiger partial charge in [0, 0.05) is 11.5 Å². The van der Waals surface area contributed by atoms with Gasteiger partial charge in [-0.05, 0) is 57.1 Å². The van der Waals surface area contributed by atoms with Gasteiger partial charge in [0.2, 0.25) is 0 Å². The van der Waals surface area contributed by atoms with Crippen LogP contribution in [-0.2, 0) is 9.53 Å². The Bertz CT molecular complexity index is 582. The van der Waals surface area contributed by atoms with Crippen molar-refractivity contribution in [3.8, 4) is 0 Å². The van der Waals surface area contributed by atoms with Gasteiger partial charge in [-0.2, -0.15) is 0 Å². The quantitative estimate of drug-likeness (QED) is 0.439. The maximum absolute atomic E-state index is 11.9. The zero-order valence-corrected chi connectivity index (χ0v) is 14.6. The highest BCUT2D eigenvalue weighted by atomic mass is 16.6. The van der Waals surface area contributed by atoms with Gasteiger partial charge < -0.3 is 14.9 Å². The molecule has 2 aliphatic rings. The molecule has 4 nitrogen and oxygen atoms in total. The first-order valence-electron chi connectivity index (χ1n) is 8.63. The zero-order valence-electron chi connectivity index (χ0n) is 14.6. The second-order valence-electron chi connectivity index (χ2n) is 6.78. The fourth-order valence-electron chi connectivity index (χ4n) is 3.24. The lowest BCUT2D eigenvalue weighted by atomic mass is 9.87. The van der Waals surface area contributed by atoms with E-state index in [-0.39, 0.29) is 12.5 Å². The third-order valence-electron chi connectivity index (χ3n) is 4.95. The SMILES string of the molecule is C=C1C(=O)O[C@@H]2[C@@H]1C/C=C(/CO)CC/C=C(\C)CC/C=C(\C)[C@H]2O. The Kier molecular flexibility index (Phi) is 6.58. The van der Waals surface area contributed by atoms with Crippen LogP contribution in [0.5, 0.6) is 0 Å². The number of hydrogen-bond donors (Lipinski definition) is 2. The van der Waals surface area contributed by atoms with E-state index in [1.54, 1.807) is 0 Å². The van der Waals surface area contributed by atoms with Gasteiger partial charge in [0.05, 0.1) is 6.61 Å². The number of rotatable bonds is 1. The second-order valence-corrected chi connectivity index (χ2v) is 6.78. The van der Waals surface area contributed by atoms with Gasteiger partial charge in [-0.25, -0.2) is 4.79 Å². The van der Waals surface area contributed by atoms with Crippen LogP contribution in [0.3, 0.4) is 0 Å². The Morgan fingerprint density at radius 1 is 1.21 bits per heavy atom. The molecule has 0 bridgehead atoms. The molecule has 0 aromatic carbocycles. The van der Waals surface area contributed by atoms with E-state index in [9.17, 15) is 15.0 Å². The molecule has 1 aliphatic heterocycles. The largest absolute Gasteiger partial charge is 0.455 e. The number of allylic oxidation sites excluding steroid dienone is 4. The van der Waals surface area contributed by atoms with Crippen LogP contribution >= 0.6 is 0 Å². The second kappa shape index (κ2) is 8.45. The van der Waals surface area contributed by atoms with Crippen LogP contribution in [0.2, 0.25) is 0 Å². The van der Waals surface area contributed by atoms with E-state index in [2.05, 4.69) is 19.6 Å². The van der Waals surface area contributed by atoms with Crippen LogP contribution in [0.25, 0.3) is 0 Å².